The first kappa shape index (κ1) is 19.2. The molecule has 3 N–H and O–H groups in total. The molecule has 0 fully saturated rings. The van der Waals surface area contributed by atoms with Crippen molar-refractivity contribution < 1.29 is 14.3 Å². The Labute approximate surface area is 163 Å². The van der Waals surface area contributed by atoms with Crippen LogP contribution < -0.4 is 20.7 Å². The fourth-order valence-electron chi connectivity index (χ4n) is 2.84. The van der Waals surface area contributed by atoms with E-state index < -0.39 is 6.04 Å². The molecule has 0 radical (unpaired) electrons. The van der Waals surface area contributed by atoms with Gasteiger partial charge >= 0.3 is 0 Å². The van der Waals surface area contributed by atoms with Gasteiger partial charge in [0.25, 0.3) is 0 Å². The number of ether oxygens (including phenoxy) is 1. The fraction of sp³-hybridized carbons (Fsp3) is 0.190. The second-order valence-electron chi connectivity index (χ2n) is 6.33. The number of nitrogens with zero attached hydrogens (tertiary/aromatic N) is 1. The molecule has 0 saturated carbocycles. The second-order valence-corrected chi connectivity index (χ2v) is 6.33. The van der Waals surface area contributed by atoms with Gasteiger partial charge in [0.2, 0.25) is 11.8 Å². The summed E-state index contributed by atoms with van der Waals surface area (Å²) >= 11 is 0. The Morgan fingerprint density at radius 1 is 1.04 bits per heavy atom. The SMILES string of the molecule is COc1cc(N[C@H](C)C(=O)Nc2cccc3ncccc23)ccc1NC(C)=O. The topological polar surface area (TPSA) is 92.3 Å². The Hall–Kier alpha value is -3.61. The largest absolute Gasteiger partial charge is 0.494 e. The lowest BCUT2D eigenvalue weighted by atomic mass is 10.1. The number of benzene rings is 2. The second kappa shape index (κ2) is 8.39. The Kier molecular flexibility index (Phi) is 5.74. The summed E-state index contributed by atoms with van der Waals surface area (Å²) in [6.07, 6.45) is 1.72. The molecular formula is C21H22N4O3. The third-order valence-corrected chi connectivity index (χ3v) is 4.19. The Bertz CT molecular complexity index is 1010. The number of carbonyl (C=O) groups is 2. The molecule has 28 heavy (non-hydrogen) atoms. The average Bonchev–Trinajstić information content (AvgIpc) is 2.69. The van der Waals surface area contributed by atoms with Crippen LogP contribution in [0, 0.1) is 0 Å². The van der Waals surface area contributed by atoms with E-state index in [9.17, 15) is 9.59 Å². The Balaban J connectivity index is 1.72. The van der Waals surface area contributed by atoms with Crippen LogP contribution in [0.1, 0.15) is 13.8 Å². The van der Waals surface area contributed by atoms with Gasteiger partial charge < -0.3 is 20.7 Å². The highest BCUT2D eigenvalue weighted by Crippen LogP contribution is 2.28. The fourth-order valence-corrected chi connectivity index (χ4v) is 2.84. The van der Waals surface area contributed by atoms with Crippen molar-refractivity contribution in [1.29, 1.82) is 0 Å². The van der Waals surface area contributed by atoms with Crippen molar-refractivity contribution >= 4 is 39.8 Å². The predicted molar refractivity (Wildman–Crippen MR) is 111 cm³/mol. The summed E-state index contributed by atoms with van der Waals surface area (Å²) in [5.74, 6) is 0.144. The molecule has 3 aromatic rings. The van der Waals surface area contributed by atoms with Gasteiger partial charge in [-0.15, -0.1) is 0 Å². The molecule has 1 heterocycles. The van der Waals surface area contributed by atoms with E-state index in [1.807, 2.05) is 30.3 Å². The van der Waals surface area contributed by atoms with Crippen molar-refractivity contribution in [2.24, 2.45) is 0 Å². The van der Waals surface area contributed by atoms with Crippen LogP contribution in [-0.2, 0) is 9.59 Å². The molecule has 1 atom stereocenters. The number of rotatable bonds is 6. The lowest BCUT2D eigenvalue weighted by molar-refractivity contribution is -0.116. The molecule has 0 aliphatic carbocycles. The lowest BCUT2D eigenvalue weighted by Gasteiger charge is -2.17. The molecule has 0 aliphatic rings. The maximum absolute atomic E-state index is 12.6. The van der Waals surface area contributed by atoms with Crippen LogP contribution in [0.4, 0.5) is 17.1 Å². The molecule has 1 aromatic heterocycles. The van der Waals surface area contributed by atoms with Gasteiger partial charge in [0.1, 0.15) is 11.8 Å². The van der Waals surface area contributed by atoms with E-state index in [0.717, 1.165) is 10.9 Å². The van der Waals surface area contributed by atoms with Gasteiger partial charge in [-0.3, -0.25) is 14.6 Å². The third kappa shape index (κ3) is 4.37. The van der Waals surface area contributed by atoms with Crippen LogP contribution in [0.3, 0.4) is 0 Å². The van der Waals surface area contributed by atoms with Crippen LogP contribution >= 0.6 is 0 Å². The zero-order valence-electron chi connectivity index (χ0n) is 15.9. The monoisotopic (exact) mass is 378 g/mol. The van der Waals surface area contributed by atoms with Crippen molar-refractivity contribution in [2.45, 2.75) is 19.9 Å². The van der Waals surface area contributed by atoms with Crippen molar-refractivity contribution in [2.75, 3.05) is 23.1 Å². The third-order valence-electron chi connectivity index (χ3n) is 4.19. The average molecular weight is 378 g/mol. The van der Waals surface area contributed by atoms with Gasteiger partial charge in [-0.2, -0.15) is 0 Å². The van der Waals surface area contributed by atoms with Crippen LogP contribution in [0.5, 0.6) is 5.75 Å². The van der Waals surface area contributed by atoms with Gasteiger partial charge in [-0.1, -0.05) is 6.07 Å². The number of methoxy groups -OCH3 is 1. The zero-order valence-corrected chi connectivity index (χ0v) is 15.9. The normalized spacial score (nSPS) is 11.5. The van der Waals surface area contributed by atoms with Crippen LogP contribution in [-0.4, -0.2) is 29.9 Å². The van der Waals surface area contributed by atoms with Crippen LogP contribution in [0.25, 0.3) is 10.9 Å². The van der Waals surface area contributed by atoms with Gasteiger partial charge in [0.15, 0.2) is 0 Å². The standard InChI is InChI=1S/C21H22N4O3/c1-13(23-15-9-10-19(24-14(2)26)20(12-15)28-3)21(27)25-18-8-4-7-17-16(18)6-5-11-22-17/h4-13,23H,1-3H3,(H,24,26)(H,25,27)/t13-/m1/s1. The van der Waals surface area contributed by atoms with Gasteiger partial charge in [-0.05, 0) is 43.3 Å². The zero-order chi connectivity index (χ0) is 20.1. The highest BCUT2D eigenvalue weighted by atomic mass is 16.5. The van der Waals surface area contributed by atoms with Crippen molar-refractivity contribution in [3.63, 3.8) is 0 Å². The number of carbonyl (C=O) groups excluding carboxylic acids is 2. The molecule has 0 aliphatic heterocycles. The predicted octanol–water partition coefficient (Wildman–Crippen LogP) is 3.64. The minimum Gasteiger partial charge on any atom is -0.494 e. The summed E-state index contributed by atoms with van der Waals surface area (Å²) in [6.45, 7) is 3.20. The van der Waals surface area contributed by atoms with Gasteiger partial charge in [0, 0.05) is 30.3 Å². The minimum absolute atomic E-state index is 0.179. The summed E-state index contributed by atoms with van der Waals surface area (Å²) in [7, 11) is 1.52. The van der Waals surface area contributed by atoms with E-state index >= 15 is 0 Å². The molecule has 0 spiro atoms. The quantitative estimate of drug-likeness (QED) is 0.609. The van der Waals surface area contributed by atoms with E-state index in [1.165, 1.54) is 14.0 Å². The number of anilines is 3. The first-order chi connectivity index (χ1) is 13.5. The summed E-state index contributed by atoms with van der Waals surface area (Å²) in [5, 5.41) is 9.67. The molecule has 144 valence electrons. The van der Waals surface area contributed by atoms with Crippen LogP contribution in [0.15, 0.2) is 54.7 Å². The lowest BCUT2D eigenvalue weighted by Crippen LogP contribution is -2.31. The molecular weight excluding hydrogens is 356 g/mol. The molecule has 2 aromatic carbocycles. The van der Waals surface area contributed by atoms with Crippen molar-refractivity contribution in [3.8, 4) is 5.75 Å². The van der Waals surface area contributed by atoms with Gasteiger partial charge in [0.05, 0.1) is 24.0 Å². The number of fused-ring (bicyclic) bond motifs is 1. The highest BCUT2D eigenvalue weighted by molar-refractivity contribution is 6.03. The first-order valence-electron chi connectivity index (χ1n) is 8.84. The molecule has 7 nitrogen and oxygen atoms in total. The van der Waals surface area contributed by atoms with E-state index in [-0.39, 0.29) is 11.8 Å². The number of hydrogen-bond acceptors (Lipinski definition) is 5. The van der Waals surface area contributed by atoms with Crippen LogP contribution in [0.2, 0.25) is 0 Å². The Morgan fingerprint density at radius 2 is 1.86 bits per heavy atom. The molecule has 0 unspecified atom stereocenters. The summed E-state index contributed by atoms with van der Waals surface area (Å²) < 4.78 is 5.31. The molecule has 3 rings (SSSR count). The molecule has 2 amide bonds. The number of nitrogens with one attached hydrogen (secondary N) is 3. The summed E-state index contributed by atoms with van der Waals surface area (Å²) in [6, 6.07) is 14.1. The smallest absolute Gasteiger partial charge is 0.246 e. The number of aromatic nitrogens is 1. The number of hydrogen-bond donors (Lipinski definition) is 3. The van der Waals surface area contributed by atoms with Crippen molar-refractivity contribution in [3.05, 3.63) is 54.7 Å². The summed E-state index contributed by atoms with van der Waals surface area (Å²) in [5.41, 5.74) is 2.80. The van der Waals surface area contributed by atoms with E-state index in [4.69, 9.17) is 4.74 Å². The molecule has 0 saturated heterocycles. The summed E-state index contributed by atoms with van der Waals surface area (Å²) in [4.78, 5) is 28.2. The first-order valence-corrected chi connectivity index (χ1v) is 8.84. The number of amides is 2. The molecule has 7 heteroatoms. The highest BCUT2D eigenvalue weighted by Gasteiger charge is 2.15. The van der Waals surface area contributed by atoms with E-state index in [0.29, 0.717) is 22.8 Å². The van der Waals surface area contributed by atoms with Gasteiger partial charge in [-0.25, -0.2) is 0 Å². The number of pyridine rings is 1. The maximum Gasteiger partial charge on any atom is 0.246 e. The van der Waals surface area contributed by atoms with E-state index in [2.05, 4.69) is 20.9 Å². The van der Waals surface area contributed by atoms with Crippen molar-refractivity contribution in [1.82, 2.24) is 4.98 Å². The Morgan fingerprint density at radius 3 is 2.61 bits per heavy atom. The van der Waals surface area contributed by atoms with E-state index in [1.54, 1.807) is 31.3 Å². The molecule has 0 bridgehead atoms. The maximum atomic E-state index is 12.6. The minimum atomic E-state index is -0.497.